The summed E-state index contributed by atoms with van der Waals surface area (Å²) in [5.41, 5.74) is -4.80. The smallest absolute Gasteiger partial charge is 0 e. The van der Waals surface area contributed by atoms with Crippen molar-refractivity contribution in [2.75, 3.05) is 0 Å². The number of aromatic carboxylic acids is 2. The van der Waals surface area contributed by atoms with Gasteiger partial charge < -0.3 is 10.2 Å². The Labute approximate surface area is 486 Å². The van der Waals surface area contributed by atoms with Crippen molar-refractivity contribution in [2.45, 2.75) is 37.1 Å². The van der Waals surface area contributed by atoms with Crippen molar-refractivity contribution >= 4 is 59.6 Å². The maximum absolute atomic E-state index is 12.9. The van der Waals surface area contributed by atoms with Crippen LogP contribution in [0.15, 0.2) is 206 Å². The number of carboxylic acid groups (broad SMARTS) is 2. The second kappa shape index (κ2) is 32.1. The second-order valence-corrected chi connectivity index (χ2v) is 20.7. The molecule has 8 rings (SSSR count). The van der Waals surface area contributed by atoms with Crippen LogP contribution in [0.4, 0.5) is 79.0 Å². The molecule has 0 atom stereocenters. The van der Waals surface area contributed by atoms with Crippen LogP contribution in [-0.4, -0.2) is 22.2 Å². The predicted octanol–water partition coefficient (Wildman–Crippen LogP) is 15.7. The van der Waals surface area contributed by atoms with Crippen LogP contribution in [0.25, 0.3) is 0 Å². The van der Waals surface area contributed by atoms with Crippen LogP contribution < -0.4 is 31.8 Å². The van der Waals surface area contributed by atoms with E-state index < -0.39 is 98.2 Å². The number of hydrogen-bond donors (Lipinski definition) is 2. The van der Waals surface area contributed by atoms with E-state index in [1.165, 1.54) is 72.8 Å². The van der Waals surface area contributed by atoms with Crippen molar-refractivity contribution < 1.29 is 128 Å². The molecule has 6 nitrogen and oxygen atoms in total. The van der Waals surface area contributed by atoms with Crippen LogP contribution in [0.3, 0.4) is 0 Å². The monoisotopic (exact) mass is 1330 g/mol. The van der Waals surface area contributed by atoms with E-state index in [0.717, 1.165) is 72.8 Å². The molecular weight excluding hydrogens is 1300 g/mol. The Morgan fingerprint density at radius 3 is 0.494 bits per heavy atom. The van der Waals surface area contributed by atoms with Gasteiger partial charge in [-0.15, -0.1) is 0 Å². The summed E-state index contributed by atoms with van der Waals surface area (Å²) in [6.07, 6.45) is -27.5. The molecule has 2 N–H and O–H groups in total. The first-order valence-electron chi connectivity index (χ1n) is 22.8. The fraction of sp³-hybridized carbons (Fsp3) is 0.103. The molecular formula is C58H36F18O6P2Ru. The zero-order valence-electron chi connectivity index (χ0n) is 42.2. The van der Waals surface area contributed by atoms with Gasteiger partial charge in [-0.1, -0.05) is 109 Å². The summed E-state index contributed by atoms with van der Waals surface area (Å²) < 4.78 is 247. The van der Waals surface area contributed by atoms with Gasteiger partial charge in [0.2, 0.25) is 0 Å². The molecule has 8 aromatic carbocycles. The normalized spacial score (nSPS) is 11.4. The summed E-state index contributed by atoms with van der Waals surface area (Å²) in [6.45, 7) is 9.00. The van der Waals surface area contributed by atoms with Crippen molar-refractivity contribution in [2.24, 2.45) is 0 Å². The minimum absolute atomic E-state index is 0. The van der Waals surface area contributed by atoms with Gasteiger partial charge in [-0.05, 0) is 145 Å². The number of alkyl halides is 18. The quantitative estimate of drug-likeness (QED) is 0.0518. The van der Waals surface area contributed by atoms with E-state index in [0.29, 0.717) is 43.0 Å². The Hall–Kier alpha value is -7.60. The van der Waals surface area contributed by atoms with E-state index in [1.54, 1.807) is 60.7 Å². The largest absolute Gasteiger partial charge is 0 e. The first-order chi connectivity index (χ1) is 39.1. The Morgan fingerprint density at radius 1 is 0.271 bits per heavy atom. The van der Waals surface area contributed by atoms with Crippen molar-refractivity contribution in [3.8, 4) is 0 Å². The van der Waals surface area contributed by atoms with E-state index in [-0.39, 0.29) is 19.5 Å². The summed E-state index contributed by atoms with van der Waals surface area (Å²) in [6, 6.07) is 40.8. The molecule has 0 spiro atoms. The van der Waals surface area contributed by atoms with Crippen molar-refractivity contribution in [1.82, 2.24) is 0 Å². The SMILES string of the molecule is FC(F)(F)c1ccc(P(c2ccc(C(F)(F)F)cc2)c2ccc(C(F)(F)F)cc2)cc1.FC(F)(F)c1ccc(P(c2ccc(C(F)(F)F)cc2)c2ccc(C(F)(F)F)cc2)cc1.O=C(O)c1ccccc1.O=C(O)c1ccccc1.[C-]#[O+].[C-]#[O+].[Ru]. The third-order valence-electron chi connectivity index (χ3n) is 10.8. The first kappa shape index (κ1) is 73.5. The summed E-state index contributed by atoms with van der Waals surface area (Å²) in [5, 5.41) is 18.9. The molecule has 0 unspecified atom stereocenters. The van der Waals surface area contributed by atoms with Crippen LogP contribution in [0.5, 0.6) is 0 Å². The fourth-order valence-electron chi connectivity index (χ4n) is 6.85. The minimum atomic E-state index is -4.58. The van der Waals surface area contributed by atoms with E-state index in [1.807, 2.05) is 0 Å². The van der Waals surface area contributed by atoms with Crippen LogP contribution in [-0.2, 0) is 65.8 Å². The van der Waals surface area contributed by atoms with Crippen LogP contribution in [0, 0.1) is 13.3 Å². The molecule has 0 amide bonds. The van der Waals surface area contributed by atoms with E-state index in [9.17, 15) is 88.6 Å². The maximum atomic E-state index is 12.9. The minimum Gasteiger partial charge on any atom is 0 e. The van der Waals surface area contributed by atoms with Gasteiger partial charge in [-0.2, -0.15) is 79.0 Å². The Morgan fingerprint density at radius 2 is 0.400 bits per heavy atom. The van der Waals surface area contributed by atoms with Gasteiger partial charge in [-0.25, -0.2) is 9.59 Å². The third-order valence-corrected chi connectivity index (χ3v) is 15.6. The van der Waals surface area contributed by atoms with Gasteiger partial charge in [0, 0.05) is 19.5 Å². The molecule has 0 fully saturated rings. The molecule has 0 aliphatic carbocycles. The number of carbonyl (C=O) groups is 2. The van der Waals surface area contributed by atoms with Crippen molar-refractivity contribution in [1.29, 1.82) is 0 Å². The van der Waals surface area contributed by atoms with Crippen molar-refractivity contribution in [3.05, 3.63) is 264 Å². The molecule has 0 aromatic heterocycles. The molecule has 8 aromatic rings. The number of rotatable bonds is 8. The van der Waals surface area contributed by atoms with Gasteiger partial charge in [0.15, 0.2) is 0 Å². The van der Waals surface area contributed by atoms with Crippen LogP contribution in [0.1, 0.15) is 54.1 Å². The zero-order chi connectivity index (χ0) is 63.4. The molecule has 0 aliphatic heterocycles. The summed E-state index contributed by atoms with van der Waals surface area (Å²) in [4.78, 5) is 20.4. The van der Waals surface area contributed by atoms with Gasteiger partial charge in [0.05, 0.1) is 44.5 Å². The van der Waals surface area contributed by atoms with Crippen LogP contribution >= 0.6 is 15.8 Å². The van der Waals surface area contributed by atoms with Gasteiger partial charge in [0.25, 0.3) is 0 Å². The molecule has 85 heavy (non-hydrogen) atoms. The third kappa shape index (κ3) is 22.7. The van der Waals surface area contributed by atoms with E-state index in [2.05, 4.69) is 13.3 Å². The molecule has 0 bridgehead atoms. The Kier molecular flexibility index (Phi) is 27.7. The standard InChI is InChI=1S/2C21H12F9P.2C7H6O2.2CO.Ru/c2*22-19(23,24)13-1-7-16(8-2-13)31(17-9-3-14(4-10-17)20(25,26)27)18-11-5-15(6-12-18)21(28,29)30;2*8-7(9)6-4-2-1-3-5-6;2*1-2;/h2*1-12H;2*1-5H,(H,8,9);;;. The first-order valence-corrected chi connectivity index (χ1v) is 25.4. The summed E-state index contributed by atoms with van der Waals surface area (Å²) >= 11 is 0. The van der Waals surface area contributed by atoms with Gasteiger partial charge in [0.1, 0.15) is 0 Å². The molecule has 0 radical (unpaired) electrons. The predicted molar refractivity (Wildman–Crippen MR) is 275 cm³/mol. The van der Waals surface area contributed by atoms with E-state index in [4.69, 9.17) is 19.5 Å². The summed E-state index contributed by atoms with van der Waals surface area (Å²) in [7, 11) is -3.39. The molecule has 0 heterocycles. The second-order valence-electron chi connectivity index (χ2n) is 16.3. The Balaban J connectivity index is 0.000000425. The van der Waals surface area contributed by atoms with Crippen molar-refractivity contribution in [3.63, 3.8) is 0 Å². The number of carboxylic acids is 2. The fourth-order valence-corrected chi connectivity index (χ4v) is 11.3. The molecule has 27 heteroatoms. The molecule has 0 saturated heterocycles. The maximum Gasteiger partial charge on any atom is 0 e. The van der Waals surface area contributed by atoms with Gasteiger partial charge >= 0.3 is 71.6 Å². The molecule has 448 valence electrons. The van der Waals surface area contributed by atoms with E-state index >= 15 is 0 Å². The number of hydrogen-bond acceptors (Lipinski definition) is 2. The Bertz CT molecular complexity index is 2850. The summed E-state index contributed by atoms with van der Waals surface area (Å²) in [5.74, 6) is -1.76. The number of benzene rings is 8. The molecule has 0 aliphatic rings. The average Bonchev–Trinajstić information content (AvgIpc) is 3.66. The van der Waals surface area contributed by atoms with Crippen LogP contribution in [0.2, 0.25) is 0 Å². The number of halogens is 18. The molecule has 0 saturated carbocycles. The average molecular weight is 1330 g/mol. The topological polar surface area (TPSA) is 114 Å². The van der Waals surface area contributed by atoms with Gasteiger partial charge in [-0.3, -0.25) is 0 Å². The zero-order valence-corrected chi connectivity index (χ0v) is 45.7.